The van der Waals surface area contributed by atoms with E-state index in [2.05, 4.69) is 5.32 Å². The van der Waals surface area contributed by atoms with Crippen LogP contribution in [-0.4, -0.2) is 25.0 Å². The van der Waals surface area contributed by atoms with E-state index >= 15 is 0 Å². The average molecular weight is 319 g/mol. The van der Waals surface area contributed by atoms with Gasteiger partial charge >= 0.3 is 6.18 Å². The summed E-state index contributed by atoms with van der Waals surface area (Å²) in [6, 6.07) is 4.65. The van der Waals surface area contributed by atoms with Crippen molar-refractivity contribution in [1.29, 1.82) is 0 Å². The third kappa shape index (κ3) is 4.90. The van der Waals surface area contributed by atoms with Gasteiger partial charge in [0.15, 0.2) is 0 Å². The minimum absolute atomic E-state index is 0.208. The quantitative estimate of drug-likeness (QED) is 0.883. The van der Waals surface area contributed by atoms with Gasteiger partial charge in [0.25, 0.3) is 0 Å². The van der Waals surface area contributed by atoms with Gasteiger partial charge in [-0.15, -0.1) is 11.8 Å². The zero-order valence-electron chi connectivity index (χ0n) is 12.0. The van der Waals surface area contributed by atoms with Gasteiger partial charge in [0, 0.05) is 29.9 Å². The van der Waals surface area contributed by atoms with Crippen molar-refractivity contribution in [3.8, 4) is 0 Å². The zero-order valence-corrected chi connectivity index (χ0v) is 12.8. The lowest BCUT2D eigenvalue weighted by atomic mass is 10.1. The van der Waals surface area contributed by atoms with Crippen LogP contribution < -0.4 is 5.32 Å². The smallest absolute Gasteiger partial charge is 0.381 e. The number of benzene rings is 1. The molecule has 1 aromatic carbocycles. The fraction of sp³-hybridized carbons (Fsp3) is 0.600. The largest absolute Gasteiger partial charge is 0.417 e. The first kappa shape index (κ1) is 16.6. The lowest BCUT2D eigenvalue weighted by Crippen LogP contribution is -2.18. The summed E-state index contributed by atoms with van der Waals surface area (Å²) >= 11 is 1.33. The first-order valence-electron chi connectivity index (χ1n) is 7.16. The second-order valence-electron chi connectivity index (χ2n) is 5.04. The number of hydrogen-bond acceptors (Lipinski definition) is 3. The van der Waals surface area contributed by atoms with Crippen LogP contribution in [0.15, 0.2) is 23.1 Å². The second-order valence-corrected chi connectivity index (χ2v) is 6.38. The Labute approximate surface area is 127 Å². The van der Waals surface area contributed by atoms with Crippen molar-refractivity contribution in [2.24, 2.45) is 0 Å². The van der Waals surface area contributed by atoms with Crippen molar-refractivity contribution in [1.82, 2.24) is 5.32 Å². The van der Waals surface area contributed by atoms with Crippen molar-refractivity contribution >= 4 is 11.8 Å². The molecule has 2 nitrogen and oxygen atoms in total. The highest BCUT2D eigenvalue weighted by Crippen LogP contribution is 2.40. The summed E-state index contributed by atoms with van der Waals surface area (Å²) in [6.45, 7) is 4.40. The van der Waals surface area contributed by atoms with E-state index < -0.39 is 11.7 Å². The van der Waals surface area contributed by atoms with Crippen molar-refractivity contribution in [2.75, 3.05) is 19.8 Å². The summed E-state index contributed by atoms with van der Waals surface area (Å²) < 4.78 is 45.0. The van der Waals surface area contributed by atoms with Crippen LogP contribution >= 0.6 is 11.8 Å². The van der Waals surface area contributed by atoms with Crippen LogP contribution in [0.1, 0.15) is 30.9 Å². The summed E-state index contributed by atoms with van der Waals surface area (Å²) in [7, 11) is 0. The molecule has 0 radical (unpaired) electrons. The number of hydrogen-bond donors (Lipinski definition) is 1. The number of thioether (sulfide) groups is 1. The Balaban J connectivity index is 2.18. The molecule has 21 heavy (non-hydrogen) atoms. The highest BCUT2D eigenvalue weighted by Gasteiger charge is 2.34. The minimum atomic E-state index is -4.31. The van der Waals surface area contributed by atoms with Crippen LogP contribution in [0.2, 0.25) is 0 Å². The van der Waals surface area contributed by atoms with Crippen LogP contribution in [0.5, 0.6) is 0 Å². The molecule has 0 atom stereocenters. The maximum absolute atomic E-state index is 13.2. The highest BCUT2D eigenvalue weighted by atomic mass is 32.2. The van der Waals surface area contributed by atoms with Crippen molar-refractivity contribution in [2.45, 2.75) is 42.6 Å². The lowest BCUT2D eigenvalue weighted by Gasteiger charge is -2.23. The van der Waals surface area contributed by atoms with E-state index in [1.54, 1.807) is 12.1 Å². The van der Waals surface area contributed by atoms with Crippen molar-refractivity contribution < 1.29 is 17.9 Å². The van der Waals surface area contributed by atoms with Crippen LogP contribution in [0.3, 0.4) is 0 Å². The van der Waals surface area contributed by atoms with Crippen LogP contribution in [0, 0.1) is 0 Å². The first-order chi connectivity index (χ1) is 10.0. The van der Waals surface area contributed by atoms with Crippen LogP contribution in [-0.2, 0) is 17.5 Å². The third-order valence-corrected chi connectivity index (χ3v) is 4.81. The molecule has 118 valence electrons. The van der Waals surface area contributed by atoms with Gasteiger partial charge in [0.2, 0.25) is 0 Å². The maximum atomic E-state index is 13.2. The Kier molecular flexibility index (Phi) is 5.96. The molecule has 1 fully saturated rings. The number of nitrogens with one attached hydrogen (secondary N) is 1. The van der Waals surface area contributed by atoms with Crippen molar-refractivity contribution in [3.05, 3.63) is 29.3 Å². The topological polar surface area (TPSA) is 21.3 Å². The molecule has 0 aliphatic carbocycles. The lowest BCUT2D eigenvalue weighted by molar-refractivity contribution is -0.139. The van der Waals surface area contributed by atoms with Gasteiger partial charge in [-0.25, -0.2) is 0 Å². The normalized spacial score (nSPS) is 17.1. The molecular weight excluding hydrogens is 299 g/mol. The maximum Gasteiger partial charge on any atom is 0.417 e. The van der Waals surface area contributed by atoms with Gasteiger partial charge in [0.05, 0.1) is 5.56 Å². The Hall–Kier alpha value is -0.720. The molecular formula is C15H20F3NOS. The van der Waals surface area contributed by atoms with Crippen molar-refractivity contribution in [3.63, 3.8) is 0 Å². The first-order valence-corrected chi connectivity index (χ1v) is 8.04. The van der Waals surface area contributed by atoms with E-state index in [4.69, 9.17) is 4.74 Å². The fourth-order valence-electron chi connectivity index (χ4n) is 2.25. The molecule has 6 heteroatoms. The SMILES string of the molecule is CCNCc1ccc(SC2CCOCC2)c(C(F)(F)F)c1. The molecule has 0 amide bonds. The summed E-state index contributed by atoms with van der Waals surface area (Å²) in [5.41, 5.74) is 0.148. The fourth-order valence-corrected chi connectivity index (χ4v) is 3.49. The number of ether oxygens (including phenoxy) is 1. The number of rotatable bonds is 5. The minimum Gasteiger partial charge on any atom is -0.381 e. The van der Waals surface area contributed by atoms with Gasteiger partial charge in [-0.2, -0.15) is 13.2 Å². The molecule has 1 N–H and O–H groups in total. The Morgan fingerprint density at radius 2 is 2.00 bits per heavy atom. The van der Waals surface area contributed by atoms with E-state index in [-0.39, 0.29) is 5.25 Å². The molecule has 0 aromatic heterocycles. The molecule has 1 saturated heterocycles. The summed E-state index contributed by atoms with van der Waals surface area (Å²) in [4.78, 5) is 0.328. The molecule has 0 unspecified atom stereocenters. The molecule has 0 saturated carbocycles. The Bertz CT molecular complexity index is 459. The molecule has 0 spiro atoms. The highest BCUT2D eigenvalue weighted by molar-refractivity contribution is 8.00. The Morgan fingerprint density at radius 1 is 1.29 bits per heavy atom. The summed E-state index contributed by atoms with van der Waals surface area (Å²) in [6.07, 6.45) is -2.70. The monoisotopic (exact) mass is 319 g/mol. The van der Waals surface area contributed by atoms with E-state index in [1.807, 2.05) is 6.92 Å². The molecule has 1 aliphatic heterocycles. The predicted octanol–water partition coefficient (Wildman–Crippen LogP) is 4.09. The summed E-state index contributed by atoms with van der Waals surface area (Å²) in [5, 5.41) is 3.26. The van der Waals surface area contributed by atoms with E-state index in [1.165, 1.54) is 17.8 Å². The van der Waals surface area contributed by atoms with E-state index in [9.17, 15) is 13.2 Å². The standard InChI is InChI=1S/C15H20F3NOS/c1-2-19-10-11-3-4-14(13(9-11)15(16,17)18)21-12-5-7-20-8-6-12/h3-4,9,12,19H,2,5-8,10H2,1H3. The molecule has 2 rings (SSSR count). The van der Waals surface area contributed by atoms with Gasteiger partial charge in [-0.05, 0) is 37.1 Å². The number of halogens is 3. The van der Waals surface area contributed by atoms with Gasteiger partial charge < -0.3 is 10.1 Å². The zero-order chi connectivity index (χ0) is 15.3. The summed E-state index contributed by atoms with van der Waals surface area (Å²) in [5.74, 6) is 0. The third-order valence-electron chi connectivity index (χ3n) is 3.39. The van der Waals surface area contributed by atoms with E-state index in [0.717, 1.165) is 19.4 Å². The van der Waals surface area contributed by atoms with Crippen LogP contribution in [0.25, 0.3) is 0 Å². The molecule has 1 aromatic rings. The van der Waals surface area contributed by atoms with Gasteiger partial charge in [-0.1, -0.05) is 13.0 Å². The molecule has 1 heterocycles. The second kappa shape index (κ2) is 7.51. The van der Waals surface area contributed by atoms with E-state index in [0.29, 0.717) is 30.2 Å². The van der Waals surface area contributed by atoms with Gasteiger partial charge in [-0.3, -0.25) is 0 Å². The predicted molar refractivity (Wildman–Crippen MR) is 78.5 cm³/mol. The van der Waals surface area contributed by atoms with Crippen LogP contribution in [0.4, 0.5) is 13.2 Å². The number of alkyl halides is 3. The average Bonchev–Trinajstić information content (AvgIpc) is 2.46. The molecule has 1 aliphatic rings. The van der Waals surface area contributed by atoms with Gasteiger partial charge in [0.1, 0.15) is 0 Å². The Morgan fingerprint density at radius 3 is 2.62 bits per heavy atom. The molecule has 0 bridgehead atoms.